The van der Waals surface area contributed by atoms with Gasteiger partial charge in [-0.05, 0) is 31.9 Å². The third-order valence-electron chi connectivity index (χ3n) is 4.01. The molecule has 20 heavy (non-hydrogen) atoms. The quantitative estimate of drug-likeness (QED) is 0.860. The highest BCUT2D eigenvalue weighted by molar-refractivity contribution is 5.87. The van der Waals surface area contributed by atoms with Crippen molar-refractivity contribution in [3.63, 3.8) is 0 Å². The maximum atomic E-state index is 12.7. The molecule has 104 valence electrons. The zero-order valence-corrected chi connectivity index (χ0v) is 11.5. The lowest BCUT2D eigenvalue weighted by molar-refractivity contribution is 0.0995. The number of hydrogen-bond donors (Lipinski definition) is 0. The van der Waals surface area contributed by atoms with Gasteiger partial charge in [-0.25, -0.2) is 4.79 Å². The van der Waals surface area contributed by atoms with E-state index < -0.39 is 0 Å². The molecule has 0 radical (unpaired) electrons. The second-order valence-corrected chi connectivity index (χ2v) is 5.74. The summed E-state index contributed by atoms with van der Waals surface area (Å²) >= 11 is 0. The van der Waals surface area contributed by atoms with Gasteiger partial charge in [0, 0.05) is 12.5 Å². The molecule has 1 atom stereocenters. The molecule has 0 N–H and O–H groups in total. The summed E-state index contributed by atoms with van der Waals surface area (Å²) in [5, 5.41) is 4.08. The molecular formula is C15H17N3O2. The monoisotopic (exact) mass is 271 g/mol. The van der Waals surface area contributed by atoms with Crippen molar-refractivity contribution in [1.82, 2.24) is 9.13 Å². The molecule has 4 rings (SSSR count). The first-order chi connectivity index (χ1) is 9.74. The maximum absolute atomic E-state index is 12.7. The van der Waals surface area contributed by atoms with E-state index in [-0.39, 0.29) is 11.8 Å². The van der Waals surface area contributed by atoms with Crippen molar-refractivity contribution in [3.8, 4) is 0 Å². The summed E-state index contributed by atoms with van der Waals surface area (Å²) in [6, 6.07) is 8.39. The minimum atomic E-state index is 0.0796. The molecule has 0 bridgehead atoms. The van der Waals surface area contributed by atoms with Crippen LogP contribution in [0.15, 0.2) is 34.2 Å². The van der Waals surface area contributed by atoms with Gasteiger partial charge in [-0.1, -0.05) is 17.3 Å². The van der Waals surface area contributed by atoms with Crippen molar-refractivity contribution in [3.05, 3.63) is 34.7 Å². The van der Waals surface area contributed by atoms with Crippen molar-refractivity contribution in [2.45, 2.75) is 44.9 Å². The van der Waals surface area contributed by atoms with Crippen molar-refractivity contribution in [2.75, 3.05) is 0 Å². The van der Waals surface area contributed by atoms with Crippen molar-refractivity contribution in [1.29, 1.82) is 0 Å². The smallest absolute Gasteiger partial charge is 0.329 e. The van der Waals surface area contributed by atoms with E-state index in [0.29, 0.717) is 12.6 Å². The van der Waals surface area contributed by atoms with Crippen LogP contribution in [0.4, 0.5) is 0 Å². The number of fused-ring (bicyclic) bond motifs is 1. The topological polar surface area (TPSA) is 48.5 Å². The lowest BCUT2D eigenvalue weighted by Gasteiger charge is -2.01. The molecule has 1 aromatic heterocycles. The fraction of sp³-hybridized carbons (Fsp3) is 0.467. The van der Waals surface area contributed by atoms with Gasteiger partial charge in [0.15, 0.2) is 0 Å². The standard InChI is InChI=1S/C15H17N3O2/c1-10-8-11(16-20-10)9-17-13-4-2-3-5-14(13)18(15(17)19)12-6-7-12/h2-5,10,12H,6-9H2,1H3. The van der Waals surface area contributed by atoms with Crippen LogP contribution >= 0.6 is 0 Å². The lowest BCUT2D eigenvalue weighted by Crippen LogP contribution is -2.26. The summed E-state index contributed by atoms with van der Waals surface area (Å²) < 4.78 is 3.77. The van der Waals surface area contributed by atoms with Crippen LogP contribution in [0.1, 0.15) is 32.2 Å². The number of aromatic nitrogens is 2. The molecule has 1 aromatic carbocycles. The Morgan fingerprint density at radius 3 is 2.70 bits per heavy atom. The van der Waals surface area contributed by atoms with Gasteiger partial charge in [0.2, 0.25) is 0 Å². The first-order valence-corrected chi connectivity index (χ1v) is 7.15. The van der Waals surface area contributed by atoms with Crippen LogP contribution in [0.25, 0.3) is 11.0 Å². The van der Waals surface area contributed by atoms with E-state index in [2.05, 4.69) is 5.16 Å². The Morgan fingerprint density at radius 2 is 2.05 bits per heavy atom. The number of nitrogens with zero attached hydrogens (tertiary/aromatic N) is 3. The number of hydrogen-bond acceptors (Lipinski definition) is 3. The molecule has 5 nitrogen and oxygen atoms in total. The predicted molar refractivity (Wildman–Crippen MR) is 77.1 cm³/mol. The Morgan fingerprint density at radius 1 is 1.30 bits per heavy atom. The molecule has 2 aromatic rings. The van der Waals surface area contributed by atoms with Crippen LogP contribution in [0.5, 0.6) is 0 Å². The Balaban J connectivity index is 1.82. The van der Waals surface area contributed by atoms with Gasteiger partial charge in [0.1, 0.15) is 6.10 Å². The average Bonchev–Trinajstić information content (AvgIpc) is 3.13. The second-order valence-electron chi connectivity index (χ2n) is 5.74. The second kappa shape index (κ2) is 4.23. The summed E-state index contributed by atoms with van der Waals surface area (Å²) in [4.78, 5) is 17.9. The fourth-order valence-electron chi connectivity index (χ4n) is 2.92. The largest absolute Gasteiger partial charge is 0.392 e. The first-order valence-electron chi connectivity index (χ1n) is 7.15. The third-order valence-corrected chi connectivity index (χ3v) is 4.01. The highest BCUT2D eigenvalue weighted by atomic mass is 16.6. The molecule has 5 heteroatoms. The molecule has 2 aliphatic rings. The average molecular weight is 271 g/mol. The maximum Gasteiger partial charge on any atom is 0.329 e. The van der Waals surface area contributed by atoms with Crippen LogP contribution in [0, 0.1) is 0 Å². The van der Waals surface area contributed by atoms with Gasteiger partial charge in [-0.3, -0.25) is 9.13 Å². The molecular weight excluding hydrogens is 254 g/mol. The SMILES string of the molecule is CC1CC(Cn2c(=O)n(C3CC3)c3ccccc32)=NO1. The predicted octanol–water partition coefficient (Wildman–Crippen LogP) is 2.30. The summed E-state index contributed by atoms with van der Waals surface area (Å²) in [6.45, 7) is 2.52. The molecule has 1 unspecified atom stereocenters. The van der Waals surface area contributed by atoms with E-state index in [4.69, 9.17) is 4.84 Å². The van der Waals surface area contributed by atoms with Crippen LogP contribution in [0.2, 0.25) is 0 Å². The molecule has 1 aliphatic heterocycles. The molecule has 0 saturated heterocycles. The Kier molecular flexibility index (Phi) is 2.49. The van der Waals surface area contributed by atoms with E-state index in [1.165, 1.54) is 0 Å². The minimum Gasteiger partial charge on any atom is -0.392 e. The van der Waals surface area contributed by atoms with Gasteiger partial charge >= 0.3 is 5.69 Å². The van der Waals surface area contributed by atoms with E-state index in [1.807, 2.05) is 40.3 Å². The van der Waals surface area contributed by atoms with Gasteiger partial charge in [-0.15, -0.1) is 0 Å². The van der Waals surface area contributed by atoms with Gasteiger partial charge in [0.25, 0.3) is 0 Å². The summed E-state index contributed by atoms with van der Waals surface area (Å²) in [5.74, 6) is 0. The van der Waals surface area contributed by atoms with Gasteiger partial charge in [0.05, 0.1) is 23.3 Å². The lowest BCUT2D eigenvalue weighted by atomic mass is 10.2. The minimum absolute atomic E-state index is 0.0796. The number of oxime groups is 1. The van der Waals surface area contributed by atoms with Crippen LogP contribution in [-0.2, 0) is 11.4 Å². The summed E-state index contributed by atoms with van der Waals surface area (Å²) in [7, 11) is 0. The van der Waals surface area contributed by atoms with E-state index in [9.17, 15) is 4.79 Å². The van der Waals surface area contributed by atoms with Crippen molar-refractivity contribution >= 4 is 16.7 Å². The molecule has 0 amide bonds. The molecule has 1 saturated carbocycles. The van der Waals surface area contributed by atoms with Crippen LogP contribution < -0.4 is 5.69 Å². The molecule has 1 fully saturated rings. The van der Waals surface area contributed by atoms with E-state index in [1.54, 1.807) is 0 Å². The third kappa shape index (κ3) is 1.77. The van der Waals surface area contributed by atoms with E-state index in [0.717, 1.165) is 36.0 Å². The van der Waals surface area contributed by atoms with Crippen LogP contribution in [-0.4, -0.2) is 20.9 Å². The fourth-order valence-corrected chi connectivity index (χ4v) is 2.92. The number of imidazole rings is 1. The zero-order valence-electron chi connectivity index (χ0n) is 11.5. The van der Waals surface area contributed by atoms with E-state index >= 15 is 0 Å². The first kappa shape index (κ1) is 11.8. The number of para-hydroxylation sites is 2. The molecule has 1 aliphatic carbocycles. The van der Waals surface area contributed by atoms with Gasteiger partial charge < -0.3 is 4.84 Å². The van der Waals surface area contributed by atoms with Crippen LogP contribution in [0.3, 0.4) is 0 Å². The van der Waals surface area contributed by atoms with Crippen molar-refractivity contribution in [2.24, 2.45) is 5.16 Å². The normalized spacial score (nSPS) is 22.1. The molecule has 2 heterocycles. The Hall–Kier alpha value is -2.04. The zero-order chi connectivity index (χ0) is 13.7. The van der Waals surface area contributed by atoms with Gasteiger partial charge in [-0.2, -0.15) is 0 Å². The summed E-state index contributed by atoms with van der Waals surface area (Å²) in [5.41, 5.74) is 3.05. The Labute approximate surface area is 116 Å². The number of rotatable bonds is 3. The Bertz CT molecular complexity index is 752. The summed E-state index contributed by atoms with van der Waals surface area (Å²) in [6.07, 6.45) is 3.14. The molecule has 0 spiro atoms. The highest BCUT2D eigenvalue weighted by Crippen LogP contribution is 2.36. The highest BCUT2D eigenvalue weighted by Gasteiger charge is 2.29. The van der Waals surface area contributed by atoms with Crippen molar-refractivity contribution < 1.29 is 4.84 Å². The number of benzene rings is 1.